The number of nitrogens with one attached hydrogen (secondary N) is 1. The molecule has 1 saturated carbocycles. The van der Waals surface area contributed by atoms with Gasteiger partial charge in [0, 0.05) is 24.1 Å². The van der Waals surface area contributed by atoms with Gasteiger partial charge >= 0.3 is 0 Å². The third kappa shape index (κ3) is 5.51. The average molecular weight is 445 g/mol. The number of nitrogens with zero attached hydrogens (tertiary/aromatic N) is 3. The molecule has 33 heavy (non-hydrogen) atoms. The summed E-state index contributed by atoms with van der Waals surface area (Å²) in [5, 5.41) is 7.79. The lowest BCUT2D eigenvalue weighted by Gasteiger charge is -2.31. The lowest BCUT2D eigenvalue weighted by atomic mass is 9.84. The summed E-state index contributed by atoms with van der Waals surface area (Å²) in [5.74, 6) is 0.584. The number of carbonyl (C=O) groups is 2. The van der Waals surface area contributed by atoms with Crippen LogP contribution in [0.4, 0.5) is 5.82 Å². The Labute approximate surface area is 195 Å². The molecule has 4 rings (SSSR count). The number of rotatable bonds is 9. The first-order valence-corrected chi connectivity index (χ1v) is 11.9. The Balaban J connectivity index is 1.57. The number of carbonyl (C=O) groups excluding carboxylic acids is 2. The van der Waals surface area contributed by atoms with Crippen molar-refractivity contribution in [3.63, 3.8) is 0 Å². The quantitative estimate of drug-likeness (QED) is 0.492. The van der Waals surface area contributed by atoms with Gasteiger partial charge in [-0.3, -0.25) is 9.59 Å². The summed E-state index contributed by atoms with van der Waals surface area (Å²) in [6.07, 6.45) is 4.84. The maximum Gasteiger partial charge on any atom is 0.245 e. The fraction of sp³-hybridized carbons (Fsp3) is 0.370. The molecule has 1 aliphatic carbocycles. The van der Waals surface area contributed by atoms with E-state index in [9.17, 15) is 9.59 Å². The zero-order chi connectivity index (χ0) is 23.2. The van der Waals surface area contributed by atoms with Crippen molar-refractivity contribution in [3.8, 4) is 16.9 Å². The minimum atomic E-state index is -0.202. The first kappa shape index (κ1) is 22.8. The Morgan fingerprint density at radius 1 is 1.09 bits per heavy atom. The van der Waals surface area contributed by atoms with Gasteiger partial charge in [-0.15, -0.1) is 0 Å². The molecule has 3 aromatic rings. The molecule has 1 fully saturated rings. The van der Waals surface area contributed by atoms with Gasteiger partial charge < -0.3 is 10.2 Å². The number of aryl methyl sites for hydroxylation is 1. The van der Waals surface area contributed by atoms with Gasteiger partial charge in [-0.2, -0.15) is 5.10 Å². The third-order valence-corrected chi connectivity index (χ3v) is 6.21. The molecule has 0 bridgehead atoms. The van der Waals surface area contributed by atoms with Crippen LogP contribution in [0, 0.1) is 12.8 Å². The molecular weight excluding hydrogens is 412 g/mol. The summed E-state index contributed by atoms with van der Waals surface area (Å²) in [6.45, 7) is 4.81. The summed E-state index contributed by atoms with van der Waals surface area (Å²) in [7, 11) is 0. The fourth-order valence-corrected chi connectivity index (χ4v) is 3.99. The number of amides is 2. The number of hydrogen-bond donors (Lipinski definition) is 1. The van der Waals surface area contributed by atoms with Crippen LogP contribution in [0.3, 0.4) is 0 Å². The van der Waals surface area contributed by atoms with Gasteiger partial charge in [-0.25, -0.2) is 4.68 Å². The highest BCUT2D eigenvalue weighted by Gasteiger charge is 2.30. The highest BCUT2D eigenvalue weighted by Crippen LogP contribution is 2.29. The van der Waals surface area contributed by atoms with Crippen molar-refractivity contribution in [1.82, 2.24) is 14.7 Å². The zero-order valence-corrected chi connectivity index (χ0v) is 19.5. The van der Waals surface area contributed by atoms with Crippen LogP contribution in [0.25, 0.3) is 16.9 Å². The van der Waals surface area contributed by atoms with Crippen LogP contribution >= 0.6 is 0 Å². The third-order valence-electron chi connectivity index (χ3n) is 6.21. The number of benzene rings is 2. The van der Waals surface area contributed by atoms with Crippen molar-refractivity contribution in [3.05, 3.63) is 66.2 Å². The second kappa shape index (κ2) is 10.5. The molecule has 0 aliphatic heterocycles. The van der Waals surface area contributed by atoms with Crippen molar-refractivity contribution in [2.45, 2.75) is 46.0 Å². The van der Waals surface area contributed by atoms with E-state index in [0.29, 0.717) is 12.4 Å². The van der Waals surface area contributed by atoms with E-state index in [0.717, 1.165) is 54.6 Å². The standard InChI is InChI=1S/C27H32N4O2/c1-3-4-17-30(27(33)22-11-8-12-22)19-26(32)28-25-18-24(21-9-6-5-7-10-21)29-31(25)23-15-13-20(2)14-16-23/h5-7,9-10,13-16,18,22H,3-4,8,11-12,17,19H2,1-2H3,(H,28,32). The zero-order valence-electron chi connectivity index (χ0n) is 19.5. The predicted molar refractivity (Wildman–Crippen MR) is 131 cm³/mol. The molecule has 0 atom stereocenters. The van der Waals surface area contributed by atoms with Crippen LogP contribution in [-0.4, -0.2) is 39.6 Å². The van der Waals surface area contributed by atoms with Gasteiger partial charge in [-0.1, -0.05) is 67.8 Å². The summed E-state index contributed by atoms with van der Waals surface area (Å²) < 4.78 is 1.75. The minimum Gasteiger partial charge on any atom is -0.333 e. The SMILES string of the molecule is CCCCN(CC(=O)Nc1cc(-c2ccccc2)nn1-c1ccc(C)cc1)C(=O)C1CCC1. The van der Waals surface area contributed by atoms with Crippen LogP contribution in [0.5, 0.6) is 0 Å². The maximum atomic E-state index is 13.1. The van der Waals surface area contributed by atoms with E-state index in [1.54, 1.807) is 9.58 Å². The molecule has 1 aliphatic rings. The lowest BCUT2D eigenvalue weighted by molar-refractivity contribution is -0.140. The van der Waals surface area contributed by atoms with Crippen LogP contribution < -0.4 is 5.32 Å². The molecule has 1 heterocycles. The summed E-state index contributed by atoms with van der Waals surface area (Å²) in [5.41, 5.74) is 3.77. The van der Waals surface area contributed by atoms with E-state index in [-0.39, 0.29) is 24.3 Å². The summed E-state index contributed by atoms with van der Waals surface area (Å²) in [4.78, 5) is 27.6. The highest BCUT2D eigenvalue weighted by molar-refractivity contribution is 5.95. The second-order valence-electron chi connectivity index (χ2n) is 8.82. The van der Waals surface area contributed by atoms with Gasteiger partial charge in [0.25, 0.3) is 0 Å². The Morgan fingerprint density at radius 2 is 1.82 bits per heavy atom. The molecule has 0 radical (unpaired) electrons. The van der Waals surface area contributed by atoms with Gasteiger partial charge in [0.1, 0.15) is 5.82 Å². The first-order valence-electron chi connectivity index (χ1n) is 11.9. The number of anilines is 1. The topological polar surface area (TPSA) is 67.2 Å². The van der Waals surface area contributed by atoms with Crippen molar-refractivity contribution < 1.29 is 9.59 Å². The van der Waals surface area contributed by atoms with Crippen LogP contribution in [0.15, 0.2) is 60.7 Å². The van der Waals surface area contributed by atoms with E-state index >= 15 is 0 Å². The number of unbranched alkanes of at least 4 members (excludes halogenated alkanes) is 1. The van der Waals surface area contributed by atoms with Crippen LogP contribution in [0.2, 0.25) is 0 Å². The van der Waals surface area contributed by atoms with Crippen LogP contribution in [-0.2, 0) is 9.59 Å². The predicted octanol–water partition coefficient (Wildman–Crippen LogP) is 5.22. The molecule has 0 spiro atoms. The summed E-state index contributed by atoms with van der Waals surface area (Å²) >= 11 is 0. The minimum absolute atomic E-state index is 0.0646. The van der Waals surface area contributed by atoms with Gasteiger partial charge in [0.05, 0.1) is 17.9 Å². The van der Waals surface area contributed by atoms with Crippen molar-refractivity contribution in [2.24, 2.45) is 5.92 Å². The highest BCUT2D eigenvalue weighted by atomic mass is 16.2. The molecule has 2 aromatic carbocycles. The molecule has 6 heteroatoms. The normalized spacial score (nSPS) is 13.4. The maximum absolute atomic E-state index is 13.1. The van der Waals surface area contributed by atoms with Crippen LogP contribution in [0.1, 0.15) is 44.6 Å². The monoisotopic (exact) mass is 444 g/mol. The molecule has 1 N–H and O–H groups in total. The number of hydrogen-bond acceptors (Lipinski definition) is 3. The largest absolute Gasteiger partial charge is 0.333 e. The van der Waals surface area contributed by atoms with Crippen molar-refractivity contribution in [1.29, 1.82) is 0 Å². The lowest BCUT2D eigenvalue weighted by Crippen LogP contribution is -2.43. The first-order chi connectivity index (χ1) is 16.0. The van der Waals surface area contributed by atoms with E-state index in [2.05, 4.69) is 12.2 Å². The molecule has 2 amide bonds. The number of aromatic nitrogens is 2. The van der Waals surface area contributed by atoms with Gasteiger partial charge in [0.15, 0.2) is 0 Å². The Bertz CT molecular complexity index is 1090. The molecule has 172 valence electrons. The second-order valence-corrected chi connectivity index (χ2v) is 8.82. The van der Waals surface area contributed by atoms with Gasteiger partial charge in [-0.05, 0) is 38.3 Å². The molecule has 6 nitrogen and oxygen atoms in total. The smallest absolute Gasteiger partial charge is 0.245 e. The Morgan fingerprint density at radius 3 is 2.45 bits per heavy atom. The molecule has 0 saturated heterocycles. The van der Waals surface area contributed by atoms with Crippen molar-refractivity contribution >= 4 is 17.6 Å². The van der Waals surface area contributed by atoms with E-state index in [4.69, 9.17) is 5.10 Å². The van der Waals surface area contributed by atoms with E-state index < -0.39 is 0 Å². The average Bonchev–Trinajstić information content (AvgIpc) is 3.20. The molecular formula is C27H32N4O2. The van der Waals surface area contributed by atoms with Gasteiger partial charge in [0.2, 0.25) is 11.8 Å². The fourth-order valence-electron chi connectivity index (χ4n) is 3.99. The molecule has 1 aromatic heterocycles. The Kier molecular flexibility index (Phi) is 7.23. The van der Waals surface area contributed by atoms with E-state index in [1.165, 1.54) is 0 Å². The Hall–Kier alpha value is -3.41. The van der Waals surface area contributed by atoms with Crippen molar-refractivity contribution in [2.75, 3.05) is 18.4 Å². The molecule has 0 unspecified atom stereocenters. The summed E-state index contributed by atoms with van der Waals surface area (Å²) in [6, 6.07) is 19.8. The van der Waals surface area contributed by atoms with E-state index in [1.807, 2.05) is 67.6 Å².